The van der Waals surface area contributed by atoms with Crippen LogP contribution in [0, 0.1) is 5.82 Å². The highest BCUT2D eigenvalue weighted by Gasteiger charge is 2.32. The second-order valence-corrected chi connectivity index (χ2v) is 7.11. The van der Waals surface area contributed by atoms with Gasteiger partial charge in [-0.15, -0.1) is 0 Å². The Labute approximate surface area is 120 Å². The summed E-state index contributed by atoms with van der Waals surface area (Å²) in [6.45, 7) is 2.86. The highest BCUT2D eigenvalue weighted by atomic mass is 32.2. The number of sulfonamides is 1. The third kappa shape index (κ3) is 3.02. The molecule has 1 fully saturated rings. The summed E-state index contributed by atoms with van der Waals surface area (Å²) in [4.78, 5) is -0.209. The molecule has 1 atom stereocenters. The van der Waals surface area contributed by atoms with Crippen LogP contribution in [0.25, 0.3) is 0 Å². The van der Waals surface area contributed by atoms with Gasteiger partial charge in [0.25, 0.3) is 0 Å². The highest BCUT2D eigenvalue weighted by Crippen LogP contribution is 2.27. The monoisotopic (exact) mass is 300 g/mol. The molecule has 1 N–H and O–H groups in total. The summed E-state index contributed by atoms with van der Waals surface area (Å²) in [6, 6.07) is 4.20. The molecule has 0 bridgehead atoms. The number of piperidine rings is 1. The second kappa shape index (κ2) is 6.20. The first-order valence-corrected chi connectivity index (χ1v) is 8.35. The molecule has 0 aromatic heterocycles. The summed E-state index contributed by atoms with van der Waals surface area (Å²) in [7, 11) is -1.98. The van der Waals surface area contributed by atoms with E-state index in [1.165, 1.54) is 16.4 Å². The smallest absolute Gasteiger partial charge is 0.246 e. The molecular weight excluding hydrogens is 279 g/mol. The van der Waals surface area contributed by atoms with E-state index in [2.05, 4.69) is 5.32 Å². The molecule has 0 spiro atoms. The van der Waals surface area contributed by atoms with E-state index in [0.29, 0.717) is 13.1 Å². The van der Waals surface area contributed by atoms with E-state index in [1.807, 2.05) is 6.92 Å². The summed E-state index contributed by atoms with van der Waals surface area (Å²) < 4.78 is 40.7. The van der Waals surface area contributed by atoms with Gasteiger partial charge in [-0.3, -0.25) is 0 Å². The maximum atomic E-state index is 14.0. The lowest BCUT2D eigenvalue weighted by molar-refractivity contribution is 0.268. The van der Waals surface area contributed by atoms with Gasteiger partial charge in [0.1, 0.15) is 10.7 Å². The number of nitrogens with zero attached hydrogens (tertiary/aromatic N) is 1. The molecule has 1 aromatic rings. The van der Waals surface area contributed by atoms with Crippen LogP contribution in [0.4, 0.5) is 4.39 Å². The molecule has 2 rings (SSSR count). The zero-order chi connectivity index (χ0) is 14.8. The second-order valence-electron chi connectivity index (χ2n) is 5.26. The van der Waals surface area contributed by atoms with Crippen LogP contribution in [-0.2, 0) is 16.6 Å². The van der Waals surface area contributed by atoms with E-state index >= 15 is 0 Å². The summed E-state index contributed by atoms with van der Waals surface area (Å²) in [5.41, 5.74) is 0.761. The lowest BCUT2D eigenvalue weighted by Gasteiger charge is -2.32. The number of hydrogen-bond acceptors (Lipinski definition) is 3. The highest BCUT2D eigenvalue weighted by molar-refractivity contribution is 7.89. The molecule has 4 nitrogen and oxygen atoms in total. The van der Waals surface area contributed by atoms with Crippen LogP contribution in [0.15, 0.2) is 23.1 Å². The van der Waals surface area contributed by atoms with Crippen molar-refractivity contribution in [2.75, 3.05) is 13.6 Å². The Bertz CT molecular complexity index is 575. The number of halogens is 1. The van der Waals surface area contributed by atoms with Gasteiger partial charge in [0, 0.05) is 19.1 Å². The molecule has 1 aromatic carbocycles. The van der Waals surface area contributed by atoms with Crippen LogP contribution >= 0.6 is 0 Å². The predicted octanol–water partition coefficient (Wildman–Crippen LogP) is 2.11. The van der Waals surface area contributed by atoms with Crippen molar-refractivity contribution in [2.24, 2.45) is 0 Å². The Morgan fingerprint density at radius 2 is 2.15 bits per heavy atom. The Balaban J connectivity index is 2.40. The average molecular weight is 300 g/mol. The third-order valence-electron chi connectivity index (χ3n) is 3.71. The zero-order valence-electron chi connectivity index (χ0n) is 11.9. The van der Waals surface area contributed by atoms with Crippen molar-refractivity contribution in [3.8, 4) is 0 Å². The molecular formula is C14H21FN2O2S. The number of hydrogen-bond donors (Lipinski definition) is 1. The third-order valence-corrected chi connectivity index (χ3v) is 5.73. The fourth-order valence-electron chi connectivity index (χ4n) is 2.61. The summed E-state index contributed by atoms with van der Waals surface area (Å²) in [6.07, 6.45) is 2.69. The molecule has 1 aliphatic rings. The van der Waals surface area contributed by atoms with E-state index in [4.69, 9.17) is 0 Å². The fraction of sp³-hybridized carbons (Fsp3) is 0.571. The van der Waals surface area contributed by atoms with Gasteiger partial charge in [-0.05, 0) is 44.5 Å². The molecule has 1 heterocycles. The van der Waals surface area contributed by atoms with Crippen molar-refractivity contribution < 1.29 is 12.8 Å². The Kier molecular flexibility index (Phi) is 4.78. The van der Waals surface area contributed by atoms with Crippen LogP contribution in [0.5, 0.6) is 0 Å². The molecule has 1 aliphatic heterocycles. The summed E-state index contributed by atoms with van der Waals surface area (Å²) in [5, 5.41) is 2.94. The predicted molar refractivity (Wildman–Crippen MR) is 76.4 cm³/mol. The number of benzene rings is 1. The molecule has 0 aliphatic carbocycles. The van der Waals surface area contributed by atoms with Gasteiger partial charge < -0.3 is 5.32 Å². The van der Waals surface area contributed by atoms with Crippen molar-refractivity contribution in [3.05, 3.63) is 29.6 Å². The summed E-state index contributed by atoms with van der Waals surface area (Å²) in [5.74, 6) is -0.678. The topological polar surface area (TPSA) is 49.4 Å². The standard InChI is InChI=1S/C14H21FN2O2S/c1-11-5-3-4-8-17(11)20(18,19)14-9-12(10-16-2)6-7-13(14)15/h6-7,9,11,16H,3-5,8,10H2,1-2H3. The first-order chi connectivity index (χ1) is 9.46. The SMILES string of the molecule is CNCc1ccc(F)c(S(=O)(=O)N2CCCCC2C)c1. The maximum absolute atomic E-state index is 14.0. The molecule has 20 heavy (non-hydrogen) atoms. The van der Waals surface area contributed by atoms with Gasteiger partial charge in [-0.2, -0.15) is 4.31 Å². The first-order valence-electron chi connectivity index (χ1n) is 6.91. The van der Waals surface area contributed by atoms with E-state index in [-0.39, 0.29) is 10.9 Å². The first kappa shape index (κ1) is 15.4. The van der Waals surface area contributed by atoms with Crippen LogP contribution in [0.3, 0.4) is 0 Å². The minimum atomic E-state index is -3.75. The average Bonchev–Trinajstić information content (AvgIpc) is 2.41. The van der Waals surface area contributed by atoms with Crippen molar-refractivity contribution in [3.63, 3.8) is 0 Å². The minimum Gasteiger partial charge on any atom is -0.316 e. The van der Waals surface area contributed by atoms with Crippen LogP contribution in [-0.4, -0.2) is 32.4 Å². The molecule has 0 amide bonds. The zero-order valence-corrected chi connectivity index (χ0v) is 12.7. The molecule has 6 heteroatoms. The van der Waals surface area contributed by atoms with Gasteiger partial charge in [-0.1, -0.05) is 12.5 Å². The van der Waals surface area contributed by atoms with Gasteiger partial charge in [0.05, 0.1) is 0 Å². The molecule has 0 radical (unpaired) electrons. The largest absolute Gasteiger partial charge is 0.316 e. The molecule has 112 valence electrons. The van der Waals surface area contributed by atoms with Gasteiger partial charge in [0.2, 0.25) is 10.0 Å². The molecule has 1 saturated heterocycles. The lowest BCUT2D eigenvalue weighted by Crippen LogP contribution is -2.42. The number of nitrogens with one attached hydrogen (secondary N) is 1. The van der Waals surface area contributed by atoms with Gasteiger partial charge in [-0.25, -0.2) is 12.8 Å². The van der Waals surface area contributed by atoms with E-state index in [1.54, 1.807) is 13.1 Å². The Hall–Kier alpha value is -0.980. The summed E-state index contributed by atoms with van der Waals surface area (Å²) >= 11 is 0. The quantitative estimate of drug-likeness (QED) is 0.926. The normalized spacial score (nSPS) is 21.1. The molecule has 0 saturated carbocycles. The van der Waals surface area contributed by atoms with Gasteiger partial charge >= 0.3 is 0 Å². The van der Waals surface area contributed by atoms with Crippen LogP contribution in [0.2, 0.25) is 0 Å². The Morgan fingerprint density at radius 1 is 1.40 bits per heavy atom. The van der Waals surface area contributed by atoms with Crippen molar-refractivity contribution >= 4 is 10.0 Å². The van der Waals surface area contributed by atoms with Crippen molar-refractivity contribution in [1.82, 2.24) is 9.62 Å². The number of rotatable bonds is 4. The Morgan fingerprint density at radius 3 is 2.80 bits per heavy atom. The van der Waals surface area contributed by atoms with E-state index in [0.717, 1.165) is 24.8 Å². The van der Waals surface area contributed by atoms with Crippen molar-refractivity contribution in [1.29, 1.82) is 0 Å². The fourth-order valence-corrected chi connectivity index (χ4v) is 4.43. The minimum absolute atomic E-state index is 0.0684. The maximum Gasteiger partial charge on any atom is 0.246 e. The molecule has 1 unspecified atom stereocenters. The van der Waals surface area contributed by atoms with Crippen LogP contribution in [0.1, 0.15) is 31.7 Å². The van der Waals surface area contributed by atoms with Crippen molar-refractivity contribution in [2.45, 2.75) is 43.7 Å². The van der Waals surface area contributed by atoms with Gasteiger partial charge in [0.15, 0.2) is 0 Å². The van der Waals surface area contributed by atoms with E-state index in [9.17, 15) is 12.8 Å². The van der Waals surface area contributed by atoms with E-state index < -0.39 is 15.8 Å². The lowest BCUT2D eigenvalue weighted by atomic mass is 10.1. The van der Waals surface area contributed by atoms with Crippen LogP contribution < -0.4 is 5.32 Å².